The number of hydrogen-bond donors (Lipinski definition) is 2. The van der Waals surface area contributed by atoms with Crippen molar-refractivity contribution in [3.05, 3.63) is 53.5 Å². The molecule has 146 valence electrons. The average Bonchev–Trinajstić information content (AvgIpc) is 3.27. The molecule has 1 aromatic carbocycles. The fraction of sp³-hybridized carbons (Fsp3) is 0.105. The van der Waals surface area contributed by atoms with Crippen LogP contribution < -0.4 is 15.4 Å². The van der Waals surface area contributed by atoms with Crippen LogP contribution in [0.4, 0.5) is 11.8 Å². The molecular formula is C19H16N6O3S. The van der Waals surface area contributed by atoms with E-state index in [1.54, 1.807) is 17.7 Å². The molecule has 29 heavy (non-hydrogen) atoms. The predicted octanol–water partition coefficient (Wildman–Crippen LogP) is 3.07. The minimum Gasteiger partial charge on any atom is -0.497 e. The number of rotatable bonds is 5. The molecular weight excluding hydrogens is 392 g/mol. The second kappa shape index (κ2) is 7.68. The quantitative estimate of drug-likeness (QED) is 0.525. The summed E-state index contributed by atoms with van der Waals surface area (Å²) in [5.41, 5.74) is 2.09. The Morgan fingerprint density at radius 1 is 1.17 bits per heavy atom. The van der Waals surface area contributed by atoms with Crippen molar-refractivity contribution in [2.24, 2.45) is 0 Å². The maximum absolute atomic E-state index is 12.5. The third kappa shape index (κ3) is 3.92. The number of fused-ring (bicyclic) bond motifs is 1. The standard InChI is InChI=1S/C19H16N6O3S/c1-11(26)21-16-9-13(6-7-20-16)17(27)22-18-23-19-25(24-18)15(10-29-19)12-4-3-5-14(8-12)28-2/h3-10H,1-2H3,(H,20,21,26)(H,22,24,27). The fourth-order valence-electron chi connectivity index (χ4n) is 2.71. The van der Waals surface area contributed by atoms with Gasteiger partial charge >= 0.3 is 0 Å². The van der Waals surface area contributed by atoms with Crippen molar-refractivity contribution in [1.82, 2.24) is 19.6 Å². The largest absolute Gasteiger partial charge is 0.497 e. The molecule has 0 bridgehead atoms. The van der Waals surface area contributed by atoms with E-state index in [2.05, 4.69) is 25.7 Å². The number of ether oxygens (including phenoxy) is 1. The Bertz CT molecular complexity index is 1220. The molecule has 0 fully saturated rings. The Kier molecular flexibility index (Phi) is 4.92. The van der Waals surface area contributed by atoms with Gasteiger partial charge in [-0.3, -0.25) is 14.9 Å². The zero-order chi connectivity index (χ0) is 20.4. The smallest absolute Gasteiger partial charge is 0.258 e. The summed E-state index contributed by atoms with van der Waals surface area (Å²) in [6.45, 7) is 1.37. The molecule has 0 unspecified atom stereocenters. The van der Waals surface area contributed by atoms with Gasteiger partial charge in [0.2, 0.25) is 10.9 Å². The van der Waals surface area contributed by atoms with Crippen LogP contribution in [0, 0.1) is 0 Å². The summed E-state index contributed by atoms with van der Waals surface area (Å²) in [5.74, 6) is 0.549. The number of amides is 2. The molecule has 2 amide bonds. The Hall–Kier alpha value is -3.79. The molecule has 10 heteroatoms. The minimum atomic E-state index is -0.403. The molecule has 0 aliphatic heterocycles. The predicted molar refractivity (Wildman–Crippen MR) is 109 cm³/mol. The highest BCUT2D eigenvalue weighted by Gasteiger charge is 2.15. The van der Waals surface area contributed by atoms with E-state index >= 15 is 0 Å². The van der Waals surface area contributed by atoms with Gasteiger partial charge in [-0.05, 0) is 24.3 Å². The zero-order valence-corrected chi connectivity index (χ0v) is 16.4. The SMILES string of the molecule is COc1cccc(-c2csc3nc(NC(=O)c4ccnc(NC(C)=O)c4)nn23)c1. The minimum absolute atomic E-state index is 0.184. The van der Waals surface area contributed by atoms with Gasteiger partial charge in [0.1, 0.15) is 11.6 Å². The number of hydrogen-bond acceptors (Lipinski definition) is 7. The summed E-state index contributed by atoms with van der Waals surface area (Å²) in [4.78, 5) is 32.7. The van der Waals surface area contributed by atoms with Crippen LogP contribution in [0.5, 0.6) is 5.75 Å². The van der Waals surface area contributed by atoms with Gasteiger partial charge < -0.3 is 10.1 Å². The van der Waals surface area contributed by atoms with E-state index < -0.39 is 5.91 Å². The first-order valence-electron chi connectivity index (χ1n) is 8.57. The number of carbonyl (C=O) groups excluding carboxylic acids is 2. The third-order valence-electron chi connectivity index (χ3n) is 4.00. The van der Waals surface area contributed by atoms with Gasteiger partial charge in [-0.1, -0.05) is 12.1 Å². The molecule has 2 N–H and O–H groups in total. The number of nitrogens with zero attached hydrogens (tertiary/aromatic N) is 4. The highest BCUT2D eigenvalue weighted by Crippen LogP contribution is 2.28. The molecule has 0 aliphatic carbocycles. The topological polar surface area (TPSA) is 111 Å². The first-order valence-corrected chi connectivity index (χ1v) is 9.45. The van der Waals surface area contributed by atoms with E-state index in [0.29, 0.717) is 16.3 Å². The number of methoxy groups -OCH3 is 1. The normalized spacial score (nSPS) is 10.7. The van der Waals surface area contributed by atoms with E-state index in [1.165, 1.54) is 30.5 Å². The summed E-state index contributed by atoms with van der Waals surface area (Å²) in [6, 6.07) is 10.6. The van der Waals surface area contributed by atoms with Crippen molar-refractivity contribution < 1.29 is 14.3 Å². The molecule has 0 atom stereocenters. The highest BCUT2D eigenvalue weighted by atomic mass is 32.1. The summed E-state index contributed by atoms with van der Waals surface area (Å²) in [6.07, 6.45) is 1.44. The Labute approximate surface area is 169 Å². The maximum Gasteiger partial charge on any atom is 0.258 e. The zero-order valence-electron chi connectivity index (χ0n) is 15.5. The van der Waals surface area contributed by atoms with E-state index in [-0.39, 0.29) is 11.9 Å². The molecule has 4 rings (SSSR count). The van der Waals surface area contributed by atoms with E-state index in [0.717, 1.165) is 17.0 Å². The van der Waals surface area contributed by atoms with Crippen molar-refractivity contribution in [2.75, 3.05) is 17.7 Å². The van der Waals surface area contributed by atoms with E-state index in [9.17, 15) is 9.59 Å². The van der Waals surface area contributed by atoms with Crippen LogP contribution in [0.1, 0.15) is 17.3 Å². The number of benzene rings is 1. The lowest BCUT2D eigenvalue weighted by atomic mass is 10.2. The number of thiazole rings is 1. The van der Waals surface area contributed by atoms with Crippen molar-refractivity contribution >= 4 is 39.9 Å². The number of aromatic nitrogens is 4. The first-order chi connectivity index (χ1) is 14.0. The van der Waals surface area contributed by atoms with Gasteiger partial charge in [0.15, 0.2) is 0 Å². The molecule has 0 aliphatic rings. The van der Waals surface area contributed by atoms with Gasteiger partial charge in [-0.2, -0.15) is 4.98 Å². The molecule has 3 heterocycles. The van der Waals surface area contributed by atoms with Crippen LogP contribution in [0.3, 0.4) is 0 Å². The van der Waals surface area contributed by atoms with Crippen LogP contribution in [0.2, 0.25) is 0 Å². The summed E-state index contributed by atoms with van der Waals surface area (Å²) < 4.78 is 6.95. The molecule has 3 aromatic heterocycles. The fourth-order valence-corrected chi connectivity index (χ4v) is 3.54. The van der Waals surface area contributed by atoms with Crippen LogP contribution >= 0.6 is 11.3 Å². The molecule has 0 spiro atoms. The average molecular weight is 408 g/mol. The van der Waals surface area contributed by atoms with Gasteiger partial charge in [-0.25, -0.2) is 9.50 Å². The van der Waals surface area contributed by atoms with Crippen LogP contribution in [0.25, 0.3) is 16.2 Å². The van der Waals surface area contributed by atoms with Crippen molar-refractivity contribution in [1.29, 1.82) is 0 Å². The molecule has 0 radical (unpaired) electrons. The molecule has 4 aromatic rings. The number of pyridine rings is 1. The molecule has 9 nitrogen and oxygen atoms in total. The van der Waals surface area contributed by atoms with Crippen molar-refractivity contribution in [3.8, 4) is 17.0 Å². The Morgan fingerprint density at radius 2 is 2.03 bits per heavy atom. The van der Waals surface area contributed by atoms with Gasteiger partial charge in [-0.15, -0.1) is 16.4 Å². The number of anilines is 2. The van der Waals surface area contributed by atoms with Crippen LogP contribution in [0.15, 0.2) is 48.0 Å². The number of carbonyl (C=O) groups is 2. The van der Waals surface area contributed by atoms with Gasteiger partial charge in [0.05, 0.1) is 12.8 Å². The Morgan fingerprint density at radius 3 is 2.83 bits per heavy atom. The lowest BCUT2D eigenvalue weighted by Crippen LogP contribution is -2.14. The number of nitrogens with one attached hydrogen (secondary N) is 2. The molecule has 0 saturated heterocycles. The monoisotopic (exact) mass is 408 g/mol. The second-order valence-corrected chi connectivity index (χ2v) is 6.88. The van der Waals surface area contributed by atoms with Crippen LogP contribution in [-0.2, 0) is 4.79 Å². The third-order valence-corrected chi connectivity index (χ3v) is 4.81. The second-order valence-electron chi connectivity index (χ2n) is 6.05. The molecule has 0 saturated carbocycles. The summed E-state index contributed by atoms with van der Waals surface area (Å²) >= 11 is 1.41. The summed E-state index contributed by atoms with van der Waals surface area (Å²) in [5, 5.41) is 11.6. The van der Waals surface area contributed by atoms with E-state index in [1.807, 2.05) is 29.6 Å². The first kappa shape index (κ1) is 18.6. The van der Waals surface area contributed by atoms with Crippen LogP contribution in [-0.4, -0.2) is 38.5 Å². The summed E-state index contributed by atoms with van der Waals surface area (Å²) in [7, 11) is 1.61. The van der Waals surface area contributed by atoms with Gasteiger partial charge in [0, 0.05) is 29.6 Å². The van der Waals surface area contributed by atoms with Crippen molar-refractivity contribution in [2.45, 2.75) is 6.92 Å². The lowest BCUT2D eigenvalue weighted by molar-refractivity contribution is -0.114. The maximum atomic E-state index is 12.5. The van der Waals surface area contributed by atoms with Gasteiger partial charge in [0.25, 0.3) is 11.9 Å². The van der Waals surface area contributed by atoms with E-state index in [4.69, 9.17) is 4.74 Å². The van der Waals surface area contributed by atoms with Crippen molar-refractivity contribution in [3.63, 3.8) is 0 Å². The Balaban J connectivity index is 1.58. The highest BCUT2D eigenvalue weighted by molar-refractivity contribution is 7.15. The lowest BCUT2D eigenvalue weighted by Gasteiger charge is -2.04.